The van der Waals surface area contributed by atoms with Gasteiger partial charge in [0, 0.05) is 22.5 Å². The van der Waals surface area contributed by atoms with Gasteiger partial charge in [-0.1, -0.05) is 22.9 Å². The van der Waals surface area contributed by atoms with E-state index in [0.717, 1.165) is 4.31 Å². The number of amides is 1. The number of hydrogen-bond acceptors (Lipinski definition) is 4. The quantitative estimate of drug-likeness (QED) is 0.696. The Balaban J connectivity index is 3.31. The lowest BCUT2D eigenvalue weighted by Crippen LogP contribution is -2.39. The molecule has 0 bridgehead atoms. The van der Waals surface area contributed by atoms with Crippen LogP contribution in [0, 0.1) is 0 Å². The molecule has 9 heteroatoms. The third kappa shape index (κ3) is 3.72. The number of anilines is 1. The lowest BCUT2D eigenvalue weighted by atomic mass is 10.3. The highest BCUT2D eigenvalue weighted by Crippen LogP contribution is 2.33. The van der Waals surface area contributed by atoms with E-state index < -0.39 is 10.0 Å². The molecule has 1 aromatic rings. The van der Waals surface area contributed by atoms with Gasteiger partial charge in [0.1, 0.15) is 4.90 Å². The van der Waals surface area contributed by atoms with Crippen LogP contribution >= 0.6 is 31.9 Å². The summed E-state index contributed by atoms with van der Waals surface area (Å²) in [7, 11) is -2.40. The summed E-state index contributed by atoms with van der Waals surface area (Å²) in [5.41, 5.74) is 5.91. The smallest absolute Gasteiger partial charge is 0.246 e. The fraction of sp³-hybridized carbons (Fsp3) is 0.364. The van der Waals surface area contributed by atoms with Gasteiger partial charge in [-0.05, 0) is 28.1 Å². The number of nitrogen functional groups attached to an aromatic ring is 1. The highest BCUT2D eigenvalue weighted by atomic mass is 79.9. The van der Waals surface area contributed by atoms with Crippen molar-refractivity contribution < 1.29 is 13.2 Å². The van der Waals surface area contributed by atoms with Gasteiger partial charge in [0.05, 0.1) is 12.2 Å². The number of sulfonamides is 1. The topological polar surface area (TPSA) is 92.5 Å². The lowest BCUT2D eigenvalue weighted by molar-refractivity contribution is -0.120. The summed E-state index contributed by atoms with van der Waals surface area (Å²) < 4.78 is 27.3. The zero-order valence-electron chi connectivity index (χ0n) is 11.0. The molecule has 0 aliphatic rings. The largest absolute Gasteiger partial charge is 0.398 e. The second-order valence-electron chi connectivity index (χ2n) is 3.91. The van der Waals surface area contributed by atoms with Crippen molar-refractivity contribution in [2.75, 3.05) is 25.9 Å². The third-order valence-corrected chi connectivity index (χ3v) is 5.97. The molecule has 112 valence electrons. The Kier molecular flexibility index (Phi) is 5.99. The third-order valence-electron chi connectivity index (χ3n) is 2.59. The van der Waals surface area contributed by atoms with Crippen molar-refractivity contribution in [1.82, 2.24) is 9.62 Å². The zero-order chi connectivity index (χ0) is 15.5. The SMILES string of the molecule is CCN(CC(=O)NC)S(=O)(=O)c1c(N)cc(Br)cc1Br. The van der Waals surface area contributed by atoms with Gasteiger partial charge < -0.3 is 11.1 Å². The minimum absolute atomic E-state index is 0.0357. The molecule has 1 amide bonds. The molecule has 0 fully saturated rings. The molecule has 0 aromatic heterocycles. The average Bonchev–Trinajstić information content (AvgIpc) is 2.33. The van der Waals surface area contributed by atoms with Crippen LogP contribution in [0.4, 0.5) is 5.69 Å². The van der Waals surface area contributed by atoms with Crippen molar-refractivity contribution in [3.8, 4) is 0 Å². The molecule has 0 saturated heterocycles. The molecule has 6 nitrogen and oxygen atoms in total. The maximum absolute atomic E-state index is 12.6. The maximum Gasteiger partial charge on any atom is 0.246 e. The minimum Gasteiger partial charge on any atom is -0.398 e. The van der Waals surface area contributed by atoms with Crippen molar-refractivity contribution in [2.45, 2.75) is 11.8 Å². The number of rotatable bonds is 5. The van der Waals surface area contributed by atoms with E-state index >= 15 is 0 Å². The van der Waals surface area contributed by atoms with E-state index in [1.54, 1.807) is 13.0 Å². The average molecular weight is 429 g/mol. The molecule has 0 atom stereocenters. The van der Waals surface area contributed by atoms with Gasteiger partial charge in [0.25, 0.3) is 0 Å². The van der Waals surface area contributed by atoms with E-state index in [1.807, 2.05) is 0 Å². The van der Waals surface area contributed by atoms with Crippen molar-refractivity contribution in [3.05, 3.63) is 21.1 Å². The van der Waals surface area contributed by atoms with Gasteiger partial charge in [0.2, 0.25) is 15.9 Å². The van der Waals surface area contributed by atoms with E-state index in [4.69, 9.17) is 5.73 Å². The molecule has 0 radical (unpaired) electrons. The van der Waals surface area contributed by atoms with Crippen LogP contribution < -0.4 is 11.1 Å². The summed E-state index contributed by atoms with van der Waals surface area (Å²) in [6.45, 7) is 1.57. The number of carbonyl (C=O) groups excluding carboxylic acids is 1. The number of hydrogen-bond donors (Lipinski definition) is 2. The van der Waals surface area contributed by atoms with Crippen molar-refractivity contribution in [1.29, 1.82) is 0 Å². The number of nitrogens with one attached hydrogen (secondary N) is 1. The van der Waals surface area contributed by atoms with E-state index in [0.29, 0.717) is 8.95 Å². The Morgan fingerprint density at radius 1 is 1.40 bits per heavy atom. The number of carbonyl (C=O) groups is 1. The highest BCUT2D eigenvalue weighted by Gasteiger charge is 2.29. The summed E-state index contributed by atoms with van der Waals surface area (Å²) in [5, 5.41) is 2.40. The first-order valence-electron chi connectivity index (χ1n) is 5.69. The Bertz CT molecular complexity index is 596. The first-order chi connectivity index (χ1) is 9.23. The number of nitrogens with zero attached hydrogens (tertiary/aromatic N) is 1. The Labute approximate surface area is 135 Å². The molecule has 1 rings (SSSR count). The lowest BCUT2D eigenvalue weighted by Gasteiger charge is -2.21. The molecular formula is C11H15Br2N3O3S. The Morgan fingerprint density at radius 3 is 2.45 bits per heavy atom. The molecule has 20 heavy (non-hydrogen) atoms. The molecule has 0 spiro atoms. The molecule has 0 heterocycles. The zero-order valence-corrected chi connectivity index (χ0v) is 15.0. The fourth-order valence-corrected chi connectivity index (χ4v) is 5.01. The van der Waals surface area contributed by atoms with E-state index in [-0.39, 0.29) is 29.6 Å². The number of likely N-dealkylation sites (N-methyl/N-ethyl adjacent to an activating group) is 2. The van der Waals surface area contributed by atoms with Gasteiger partial charge in [-0.2, -0.15) is 4.31 Å². The number of benzene rings is 1. The summed E-state index contributed by atoms with van der Waals surface area (Å²) >= 11 is 6.44. The van der Waals surface area contributed by atoms with Crippen LogP contribution in [0.15, 0.2) is 26.0 Å². The minimum atomic E-state index is -3.85. The summed E-state index contributed by atoms with van der Waals surface area (Å²) in [6, 6.07) is 3.10. The predicted molar refractivity (Wildman–Crippen MR) is 84.8 cm³/mol. The van der Waals surface area contributed by atoms with Crippen LogP contribution in [0.2, 0.25) is 0 Å². The molecule has 0 unspecified atom stereocenters. The van der Waals surface area contributed by atoms with E-state index in [1.165, 1.54) is 13.1 Å². The molecule has 0 aliphatic carbocycles. The molecule has 1 aromatic carbocycles. The molecule has 0 saturated carbocycles. The fourth-order valence-electron chi connectivity index (χ4n) is 1.59. The number of nitrogens with two attached hydrogens (primary N) is 1. The maximum atomic E-state index is 12.6. The monoisotopic (exact) mass is 427 g/mol. The second kappa shape index (κ2) is 6.88. The molecular weight excluding hydrogens is 414 g/mol. The van der Waals surface area contributed by atoms with Gasteiger partial charge in [-0.15, -0.1) is 0 Å². The first-order valence-corrected chi connectivity index (χ1v) is 8.71. The van der Waals surface area contributed by atoms with Gasteiger partial charge in [-0.25, -0.2) is 8.42 Å². The first kappa shape index (κ1) is 17.4. The van der Waals surface area contributed by atoms with E-state index in [2.05, 4.69) is 37.2 Å². The summed E-state index contributed by atoms with van der Waals surface area (Å²) in [5.74, 6) is -0.387. The van der Waals surface area contributed by atoms with Crippen molar-refractivity contribution >= 4 is 53.5 Å². The van der Waals surface area contributed by atoms with Crippen LogP contribution in [0.5, 0.6) is 0 Å². The molecule has 3 N–H and O–H groups in total. The van der Waals surface area contributed by atoms with Crippen LogP contribution in [0.25, 0.3) is 0 Å². The van der Waals surface area contributed by atoms with Crippen molar-refractivity contribution in [3.63, 3.8) is 0 Å². The van der Waals surface area contributed by atoms with Crippen LogP contribution in [-0.4, -0.2) is 38.8 Å². The summed E-state index contributed by atoms with van der Waals surface area (Å²) in [4.78, 5) is 11.4. The van der Waals surface area contributed by atoms with Crippen LogP contribution in [0.3, 0.4) is 0 Å². The van der Waals surface area contributed by atoms with Gasteiger partial charge in [0.15, 0.2) is 0 Å². The second-order valence-corrected chi connectivity index (χ2v) is 7.56. The van der Waals surface area contributed by atoms with Gasteiger partial charge >= 0.3 is 0 Å². The van der Waals surface area contributed by atoms with Crippen LogP contribution in [-0.2, 0) is 14.8 Å². The number of halogens is 2. The summed E-state index contributed by atoms with van der Waals surface area (Å²) in [6.07, 6.45) is 0. The Morgan fingerprint density at radius 2 is 2.00 bits per heavy atom. The Hall–Kier alpha value is -0.640. The van der Waals surface area contributed by atoms with Gasteiger partial charge in [-0.3, -0.25) is 4.79 Å². The van der Waals surface area contributed by atoms with Crippen molar-refractivity contribution in [2.24, 2.45) is 0 Å². The normalized spacial score (nSPS) is 11.7. The predicted octanol–water partition coefficient (Wildman–Crippen LogP) is 1.55. The van der Waals surface area contributed by atoms with Crippen LogP contribution in [0.1, 0.15) is 6.92 Å². The molecule has 0 aliphatic heterocycles. The highest BCUT2D eigenvalue weighted by molar-refractivity contribution is 9.11. The standard InChI is InChI=1S/C11H15Br2N3O3S/c1-3-16(6-10(17)15-2)20(18,19)11-8(13)4-7(12)5-9(11)14/h4-5H,3,6,14H2,1-2H3,(H,15,17). The van der Waals surface area contributed by atoms with E-state index in [9.17, 15) is 13.2 Å².